The molecular formula is C31H24Cl2N8O5. The second kappa shape index (κ2) is 15.3. The van der Waals surface area contributed by atoms with Gasteiger partial charge in [-0.05, 0) is 42.0 Å². The van der Waals surface area contributed by atoms with Gasteiger partial charge in [-0.2, -0.15) is 15.5 Å². The number of nitriles is 2. The zero-order valence-corrected chi connectivity index (χ0v) is 25.5. The van der Waals surface area contributed by atoms with Crippen LogP contribution in [0.2, 0.25) is 10.0 Å². The Hall–Kier alpha value is -5.76. The number of nitrogens with zero attached hydrogens (tertiary/aromatic N) is 6. The van der Waals surface area contributed by atoms with Crippen LogP contribution in [0.15, 0.2) is 77.4 Å². The Morgan fingerprint density at radius 1 is 0.978 bits per heavy atom. The Labute approximate surface area is 273 Å². The number of aliphatic imine (C=N–C) groups is 1. The fraction of sp³-hybridized carbons (Fsp3) is 0.161. The third-order valence-corrected chi connectivity index (χ3v) is 7.18. The second-order valence-electron chi connectivity index (χ2n) is 9.66. The summed E-state index contributed by atoms with van der Waals surface area (Å²) in [6.45, 7) is 0.861. The van der Waals surface area contributed by atoms with Crippen molar-refractivity contribution in [1.82, 2.24) is 10.4 Å². The van der Waals surface area contributed by atoms with Gasteiger partial charge in [-0.15, -0.1) is 0 Å². The Kier molecular flexibility index (Phi) is 11.0. The number of nitro benzene ring substituents is 1. The van der Waals surface area contributed by atoms with Gasteiger partial charge in [-0.3, -0.25) is 29.9 Å². The summed E-state index contributed by atoms with van der Waals surface area (Å²) in [5, 5.41) is 33.0. The van der Waals surface area contributed by atoms with E-state index in [0.717, 1.165) is 16.8 Å². The van der Waals surface area contributed by atoms with E-state index in [0.29, 0.717) is 24.3 Å². The molecule has 1 aliphatic heterocycles. The zero-order chi connectivity index (χ0) is 33.2. The van der Waals surface area contributed by atoms with Crippen molar-refractivity contribution in [3.63, 3.8) is 0 Å². The summed E-state index contributed by atoms with van der Waals surface area (Å²) in [7, 11) is 0. The van der Waals surface area contributed by atoms with E-state index in [2.05, 4.69) is 27.9 Å². The quantitative estimate of drug-likeness (QED) is 0.115. The van der Waals surface area contributed by atoms with Gasteiger partial charge in [-0.25, -0.2) is 4.99 Å². The van der Waals surface area contributed by atoms with E-state index in [4.69, 9.17) is 33.7 Å². The van der Waals surface area contributed by atoms with Crippen molar-refractivity contribution in [3.8, 4) is 12.1 Å². The van der Waals surface area contributed by atoms with Crippen LogP contribution in [0, 0.1) is 32.8 Å². The lowest BCUT2D eigenvalue weighted by atomic mass is 10.1. The minimum absolute atomic E-state index is 0.00518. The van der Waals surface area contributed by atoms with E-state index in [-0.39, 0.29) is 45.7 Å². The first-order chi connectivity index (χ1) is 22.1. The van der Waals surface area contributed by atoms with Gasteiger partial charge < -0.3 is 10.2 Å². The Balaban J connectivity index is 1.62. The molecule has 0 bridgehead atoms. The smallest absolute Gasteiger partial charge is 0.297 e. The van der Waals surface area contributed by atoms with Gasteiger partial charge in [0.05, 0.1) is 45.6 Å². The highest BCUT2D eigenvalue weighted by Gasteiger charge is 2.35. The largest absolute Gasteiger partial charge is 0.369 e. The number of rotatable bonds is 12. The highest BCUT2D eigenvalue weighted by molar-refractivity contribution is 6.36. The number of hydrogen-bond acceptors (Lipinski definition) is 9. The lowest BCUT2D eigenvalue weighted by molar-refractivity contribution is -0.384. The number of amidine groups is 1. The van der Waals surface area contributed by atoms with Crippen molar-refractivity contribution >= 4 is 69.9 Å². The fourth-order valence-corrected chi connectivity index (χ4v) is 4.73. The predicted molar refractivity (Wildman–Crippen MR) is 171 cm³/mol. The number of anilines is 2. The van der Waals surface area contributed by atoms with Gasteiger partial charge in [0, 0.05) is 36.5 Å². The molecule has 0 spiro atoms. The molecule has 13 nitrogen and oxygen atoms in total. The number of hydrogen-bond donors (Lipinski definition) is 2. The van der Waals surface area contributed by atoms with Crippen molar-refractivity contribution in [2.24, 2.45) is 4.99 Å². The summed E-state index contributed by atoms with van der Waals surface area (Å²) in [4.78, 5) is 56.1. The van der Waals surface area contributed by atoms with Crippen LogP contribution in [0.25, 0.3) is 6.08 Å². The van der Waals surface area contributed by atoms with Crippen molar-refractivity contribution in [3.05, 3.63) is 104 Å². The van der Waals surface area contributed by atoms with Crippen LogP contribution in [-0.2, 0) is 14.4 Å². The van der Waals surface area contributed by atoms with Crippen LogP contribution in [-0.4, -0.2) is 46.6 Å². The maximum absolute atomic E-state index is 13.6. The molecule has 0 unspecified atom stereocenters. The fourth-order valence-electron chi connectivity index (χ4n) is 4.35. The van der Waals surface area contributed by atoms with Crippen LogP contribution in [0.5, 0.6) is 0 Å². The molecule has 232 valence electrons. The molecule has 15 heteroatoms. The Morgan fingerprint density at radius 2 is 1.65 bits per heavy atom. The predicted octanol–water partition coefficient (Wildman–Crippen LogP) is 5.23. The normalized spacial score (nSPS) is 13.0. The molecule has 4 rings (SSSR count). The highest BCUT2D eigenvalue weighted by Crippen LogP contribution is 2.29. The molecular weight excluding hydrogens is 635 g/mol. The number of carbonyl (C=O) groups is 3. The first kappa shape index (κ1) is 33.1. The van der Waals surface area contributed by atoms with Crippen LogP contribution in [0.1, 0.15) is 30.4 Å². The molecule has 0 fully saturated rings. The molecule has 3 aromatic rings. The molecule has 0 atom stereocenters. The van der Waals surface area contributed by atoms with E-state index in [1.807, 2.05) is 4.90 Å². The van der Waals surface area contributed by atoms with Gasteiger partial charge in [0.1, 0.15) is 12.1 Å². The minimum Gasteiger partial charge on any atom is -0.369 e. The van der Waals surface area contributed by atoms with Gasteiger partial charge >= 0.3 is 0 Å². The van der Waals surface area contributed by atoms with Gasteiger partial charge in [0.25, 0.3) is 11.6 Å². The lowest BCUT2D eigenvalue weighted by Crippen LogP contribution is -2.48. The van der Waals surface area contributed by atoms with Crippen molar-refractivity contribution < 1.29 is 19.3 Å². The lowest BCUT2D eigenvalue weighted by Gasteiger charge is -2.22. The summed E-state index contributed by atoms with van der Waals surface area (Å²) in [5.74, 6) is -2.57. The molecule has 3 aromatic carbocycles. The van der Waals surface area contributed by atoms with Gasteiger partial charge in [0.2, 0.25) is 11.8 Å². The van der Waals surface area contributed by atoms with Crippen molar-refractivity contribution in [2.45, 2.75) is 19.3 Å². The third-order valence-electron chi connectivity index (χ3n) is 6.52. The molecule has 0 aliphatic carbocycles. The summed E-state index contributed by atoms with van der Waals surface area (Å²) in [6, 6.07) is 21.1. The summed E-state index contributed by atoms with van der Waals surface area (Å²) in [6.07, 6.45) is 1.29. The Morgan fingerprint density at radius 3 is 2.28 bits per heavy atom. The average molecular weight is 659 g/mol. The number of halogens is 2. The number of amides is 3. The molecule has 0 saturated carbocycles. The van der Waals surface area contributed by atoms with Crippen LogP contribution in [0.4, 0.5) is 17.1 Å². The second-order valence-corrected chi connectivity index (χ2v) is 10.5. The first-order valence-electron chi connectivity index (χ1n) is 13.6. The standard InChI is InChI=1S/C31H24Cl2N8O5/c32-24-12-11-22(41(45)46)18-23(24)30-37-27(17-20-7-9-21(10-8-20)39(15-3-13-34)16-4-14-35)31(44)40(30)38-29(43)19-28(42)36-26-6-2-1-5-25(26)33/h1-2,5-12,17-18H,3-4,15-16,19H2,(H,36,42)(H,38,43)/b27-17-. The van der Waals surface area contributed by atoms with Gasteiger partial charge in [0.15, 0.2) is 5.84 Å². The summed E-state index contributed by atoms with van der Waals surface area (Å²) >= 11 is 12.4. The highest BCUT2D eigenvalue weighted by atomic mass is 35.5. The molecule has 1 heterocycles. The first-order valence-corrected chi connectivity index (χ1v) is 14.4. The molecule has 3 amide bonds. The molecule has 0 aromatic heterocycles. The molecule has 2 N–H and O–H groups in total. The summed E-state index contributed by atoms with van der Waals surface area (Å²) < 4.78 is 0. The topological polar surface area (TPSA) is 185 Å². The molecule has 0 saturated heterocycles. The van der Waals surface area contributed by atoms with E-state index < -0.39 is 29.1 Å². The minimum atomic E-state index is -0.882. The van der Waals surface area contributed by atoms with Crippen LogP contribution < -0.4 is 15.6 Å². The average Bonchev–Trinajstić information content (AvgIpc) is 3.32. The number of hydrazine groups is 1. The van der Waals surface area contributed by atoms with E-state index in [9.17, 15) is 24.5 Å². The molecule has 1 aliphatic rings. The molecule has 0 radical (unpaired) electrons. The number of carbonyl (C=O) groups excluding carboxylic acids is 3. The monoisotopic (exact) mass is 658 g/mol. The third kappa shape index (κ3) is 8.24. The van der Waals surface area contributed by atoms with E-state index in [1.54, 1.807) is 48.5 Å². The SMILES string of the molecule is N#CCCN(CCC#N)c1ccc(/C=C2\N=C(c3cc([N+](=O)[O-])ccc3Cl)N(NC(=O)CC(=O)Nc3ccccc3Cl)C2=O)cc1. The number of benzene rings is 3. The van der Waals surface area contributed by atoms with Crippen molar-refractivity contribution in [2.75, 3.05) is 23.3 Å². The number of para-hydroxylation sites is 1. The summed E-state index contributed by atoms with van der Waals surface area (Å²) in [5.41, 5.74) is 3.50. The maximum atomic E-state index is 13.6. The molecule has 46 heavy (non-hydrogen) atoms. The van der Waals surface area contributed by atoms with Crippen LogP contribution in [0.3, 0.4) is 0 Å². The zero-order valence-electron chi connectivity index (χ0n) is 23.9. The maximum Gasteiger partial charge on any atom is 0.297 e. The number of non-ortho nitro benzene ring substituents is 1. The number of nitro groups is 1. The van der Waals surface area contributed by atoms with Gasteiger partial charge in [-0.1, -0.05) is 47.5 Å². The van der Waals surface area contributed by atoms with Crippen LogP contribution >= 0.6 is 23.2 Å². The van der Waals surface area contributed by atoms with Crippen molar-refractivity contribution in [1.29, 1.82) is 10.5 Å². The van der Waals surface area contributed by atoms with E-state index >= 15 is 0 Å². The number of nitrogens with one attached hydrogen (secondary N) is 2. The van der Waals surface area contributed by atoms with E-state index in [1.165, 1.54) is 18.2 Å². The Bertz CT molecular complexity index is 1810.